The van der Waals surface area contributed by atoms with Gasteiger partial charge in [0.2, 0.25) is 0 Å². The molecule has 0 bridgehead atoms. The first-order valence-electron chi connectivity index (χ1n) is 7.14. The maximum absolute atomic E-state index is 12.3. The van der Waals surface area contributed by atoms with E-state index in [9.17, 15) is 10.1 Å². The summed E-state index contributed by atoms with van der Waals surface area (Å²) in [6.07, 6.45) is 1.50. The molecular weight excluding hydrogens is 392 g/mol. The molecule has 0 radical (unpaired) electrons. The SMILES string of the molecule is CCOc1ccc(Br)cc1/C=C(/C#N)C(=O)Nc1ccc(Cl)cc1. The van der Waals surface area contributed by atoms with Crippen LogP contribution in [0.4, 0.5) is 5.69 Å². The van der Waals surface area contributed by atoms with Gasteiger partial charge in [-0.1, -0.05) is 27.5 Å². The molecule has 0 aliphatic carbocycles. The lowest BCUT2D eigenvalue weighted by Crippen LogP contribution is -2.13. The van der Waals surface area contributed by atoms with Crippen molar-refractivity contribution < 1.29 is 9.53 Å². The molecule has 0 spiro atoms. The van der Waals surface area contributed by atoms with E-state index in [1.807, 2.05) is 19.1 Å². The van der Waals surface area contributed by atoms with Gasteiger partial charge >= 0.3 is 0 Å². The smallest absolute Gasteiger partial charge is 0.266 e. The lowest BCUT2D eigenvalue weighted by atomic mass is 10.1. The van der Waals surface area contributed by atoms with Gasteiger partial charge in [-0.2, -0.15) is 5.26 Å². The van der Waals surface area contributed by atoms with Gasteiger partial charge < -0.3 is 10.1 Å². The molecule has 122 valence electrons. The second kappa shape index (κ2) is 8.53. The Labute approximate surface area is 153 Å². The monoisotopic (exact) mass is 404 g/mol. The van der Waals surface area contributed by atoms with Crippen LogP contribution in [-0.2, 0) is 4.79 Å². The fraction of sp³-hybridized carbons (Fsp3) is 0.111. The summed E-state index contributed by atoms with van der Waals surface area (Å²) in [6, 6.07) is 14.0. The molecule has 2 aromatic carbocycles. The third kappa shape index (κ3) is 4.85. The van der Waals surface area contributed by atoms with E-state index in [-0.39, 0.29) is 5.57 Å². The number of nitrogens with one attached hydrogen (secondary N) is 1. The molecule has 0 saturated carbocycles. The molecule has 2 rings (SSSR count). The van der Waals surface area contributed by atoms with Crippen LogP contribution >= 0.6 is 27.5 Å². The van der Waals surface area contributed by atoms with Crippen LogP contribution in [0.5, 0.6) is 5.75 Å². The largest absolute Gasteiger partial charge is 0.493 e. The van der Waals surface area contributed by atoms with Crippen LogP contribution in [0.15, 0.2) is 52.5 Å². The van der Waals surface area contributed by atoms with Crippen LogP contribution in [0.3, 0.4) is 0 Å². The lowest BCUT2D eigenvalue weighted by molar-refractivity contribution is -0.112. The molecule has 24 heavy (non-hydrogen) atoms. The van der Waals surface area contributed by atoms with E-state index in [0.29, 0.717) is 28.6 Å². The van der Waals surface area contributed by atoms with Crippen LogP contribution < -0.4 is 10.1 Å². The van der Waals surface area contributed by atoms with E-state index >= 15 is 0 Å². The van der Waals surface area contributed by atoms with Gasteiger partial charge in [-0.25, -0.2) is 0 Å². The van der Waals surface area contributed by atoms with E-state index in [2.05, 4.69) is 21.2 Å². The number of nitrogens with zero attached hydrogens (tertiary/aromatic N) is 1. The first-order chi connectivity index (χ1) is 11.5. The number of hydrogen-bond donors (Lipinski definition) is 1. The maximum atomic E-state index is 12.3. The molecular formula is C18H14BrClN2O2. The number of benzene rings is 2. The third-order valence-electron chi connectivity index (χ3n) is 3.04. The predicted molar refractivity (Wildman–Crippen MR) is 99.0 cm³/mol. The second-order valence-corrected chi connectivity index (χ2v) is 6.10. The van der Waals surface area contributed by atoms with E-state index in [4.69, 9.17) is 16.3 Å². The summed E-state index contributed by atoms with van der Waals surface area (Å²) in [6.45, 7) is 2.36. The van der Waals surface area contributed by atoms with Crippen LogP contribution in [0.1, 0.15) is 12.5 Å². The van der Waals surface area contributed by atoms with E-state index in [0.717, 1.165) is 4.47 Å². The van der Waals surface area contributed by atoms with Crippen molar-refractivity contribution in [3.63, 3.8) is 0 Å². The highest BCUT2D eigenvalue weighted by Gasteiger charge is 2.12. The molecule has 1 N–H and O–H groups in total. The predicted octanol–water partition coefficient (Wildman–Crippen LogP) is 5.05. The zero-order valence-electron chi connectivity index (χ0n) is 12.8. The van der Waals surface area contributed by atoms with Crippen molar-refractivity contribution in [1.82, 2.24) is 0 Å². The topological polar surface area (TPSA) is 62.1 Å². The average Bonchev–Trinajstić information content (AvgIpc) is 2.57. The summed E-state index contributed by atoms with van der Waals surface area (Å²) in [7, 11) is 0. The van der Waals surface area contributed by atoms with E-state index < -0.39 is 5.91 Å². The van der Waals surface area contributed by atoms with Crippen molar-refractivity contribution in [3.05, 3.63) is 63.1 Å². The fourth-order valence-corrected chi connectivity index (χ4v) is 2.46. The van der Waals surface area contributed by atoms with Gasteiger partial charge in [0.05, 0.1) is 6.61 Å². The Morgan fingerprint density at radius 2 is 2.04 bits per heavy atom. The Bertz CT molecular complexity index is 811. The molecule has 6 heteroatoms. The zero-order chi connectivity index (χ0) is 17.5. The van der Waals surface area contributed by atoms with Gasteiger partial charge in [0, 0.05) is 20.7 Å². The Kier molecular flexibility index (Phi) is 6.42. The van der Waals surface area contributed by atoms with Gasteiger partial charge in [-0.3, -0.25) is 4.79 Å². The molecule has 0 saturated heterocycles. The molecule has 0 heterocycles. The molecule has 0 aliphatic rings. The third-order valence-corrected chi connectivity index (χ3v) is 3.78. The van der Waals surface area contributed by atoms with Crippen molar-refractivity contribution in [2.75, 3.05) is 11.9 Å². The molecule has 4 nitrogen and oxygen atoms in total. The van der Waals surface area contributed by atoms with Crippen LogP contribution in [-0.4, -0.2) is 12.5 Å². The highest BCUT2D eigenvalue weighted by Crippen LogP contribution is 2.26. The quantitative estimate of drug-likeness (QED) is 0.559. The standard InChI is InChI=1S/C18H14BrClN2O2/c1-2-24-17-8-3-14(19)10-12(17)9-13(11-21)18(23)22-16-6-4-15(20)5-7-16/h3-10H,2H2,1H3,(H,22,23)/b13-9-. The maximum Gasteiger partial charge on any atom is 0.266 e. The van der Waals surface area contributed by atoms with Crippen LogP contribution in [0, 0.1) is 11.3 Å². The van der Waals surface area contributed by atoms with Crippen LogP contribution in [0.2, 0.25) is 5.02 Å². The first kappa shape index (κ1) is 18.1. The molecule has 0 atom stereocenters. The Morgan fingerprint density at radius 3 is 2.67 bits per heavy atom. The summed E-state index contributed by atoms with van der Waals surface area (Å²) in [5, 5.41) is 12.6. The Balaban J connectivity index is 2.28. The van der Waals surface area contributed by atoms with Crippen molar-refractivity contribution in [1.29, 1.82) is 5.26 Å². The first-order valence-corrected chi connectivity index (χ1v) is 8.31. The second-order valence-electron chi connectivity index (χ2n) is 4.75. The fourth-order valence-electron chi connectivity index (χ4n) is 1.95. The van der Waals surface area contributed by atoms with E-state index in [1.54, 1.807) is 36.4 Å². The number of hydrogen-bond acceptors (Lipinski definition) is 3. The molecule has 0 unspecified atom stereocenters. The van der Waals surface area contributed by atoms with Gasteiger partial charge in [0.15, 0.2) is 0 Å². The van der Waals surface area contributed by atoms with E-state index in [1.165, 1.54) is 6.08 Å². The summed E-state index contributed by atoms with van der Waals surface area (Å²) in [5.74, 6) is 0.106. The summed E-state index contributed by atoms with van der Waals surface area (Å²) < 4.78 is 6.35. The molecule has 0 aliphatic heterocycles. The number of amides is 1. The number of nitriles is 1. The zero-order valence-corrected chi connectivity index (χ0v) is 15.2. The average molecular weight is 406 g/mol. The minimum absolute atomic E-state index is 0.0241. The highest BCUT2D eigenvalue weighted by molar-refractivity contribution is 9.10. The number of halogens is 2. The minimum atomic E-state index is -0.498. The minimum Gasteiger partial charge on any atom is -0.493 e. The Hall–Kier alpha value is -2.29. The number of ether oxygens (including phenoxy) is 1. The highest BCUT2D eigenvalue weighted by atomic mass is 79.9. The van der Waals surface area contributed by atoms with Gasteiger partial charge in [-0.05, 0) is 55.5 Å². The normalized spacial score (nSPS) is 10.8. The number of carbonyl (C=O) groups is 1. The summed E-state index contributed by atoms with van der Waals surface area (Å²) >= 11 is 9.19. The number of anilines is 1. The number of rotatable bonds is 5. The van der Waals surface area contributed by atoms with Gasteiger partial charge in [-0.15, -0.1) is 0 Å². The molecule has 2 aromatic rings. The Morgan fingerprint density at radius 1 is 1.33 bits per heavy atom. The van der Waals surface area contributed by atoms with Crippen LogP contribution in [0.25, 0.3) is 6.08 Å². The summed E-state index contributed by atoms with van der Waals surface area (Å²) in [5.41, 5.74) is 1.18. The van der Waals surface area contributed by atoms with Crippen molar-refractivity contribution >= 4 is 45.2 Å². The van der Waals surface area contributed by atoms with Crippen molar-refractivity contribution in [3.8, 4) is 11.8 Å². The van der Waals surface area contributed by atoms with Gasteiger partial charge in [0.1, 0.15) is 17.4 Å². The lowest BCUT2D eigenvalue weighted by Gasteiger charge is -2.09. The van der Waals surface area contributed by atoms with Gasteiger partial charge in [0.25, 0.3) is 5.91 Å². The van der Waals surface area contributed by atoms with Crippen molar-refractivity contribution in [2.24, 2.45) is 0 Å². The molecule has 0 fully saturated rings. The molecule has 0 aromatic heterocycles. The number of carbonyl (C=O) groups excluding carboxylic acids is 1. The van der Waals surface area contributed by atoms with Crippen molar-refractivity contribution in [2.45, 2.75) is 6.92 Å². The summed E-state index contributed by atoms with van der Waals surface area (Å²) in [4.78, 5) is 12.3. The molecule has 1 amide bonds.